The third-order valence-corrected chi connectivity index (χ3v) is 3.65. The van der Waals surface area contributed by atoms with E-state index in [4.69, 9.17) is 14.7 Å². The number of hydrogen-bond acceptors (Lipinski definition) is 6. The molecule has 1 heterocycles. The summed E-state index contributed by atoms with van der Waals surface area (Å²) in [7, 11) is 1.30. The molecule has 0 bridgehead atoms. The summed E-state index contributed by atoms with van der Waals surface area (Å²) < 4.78 is 65.1. The quantitative estimate of drug-likeness (QED) is 0.614. The van der Waals surface area contributed by atoms with Crippen molar-refractivity contribution < 1.29 is 36.6 Å². The summed E-state index contributed by atoms with van der Waals surface area (Å²) in [5.74, 6) is -3.00. The van der Waals surface area contributed by atoms with Crippen LogP contribution in [0.5, 0.6) is 11.5 Å². The van der Waals surface area contributed by atoms with Crippen molar-refractivity contribution in [3.63, 3.8) is 0 Å². The van der Waals surface area contributed by atoms with E-state index in [0.717, 1.165) is 12.1 Å². The third kappa shape index (κ3) is 4.30. The lowest BCUT2D eigenvalue weighted by molar-refractivity contribution is -0.204. The molecule has 1 fully saturated rings. The highest BCUT2D eigenvalue weighted by Gasteiger charge is 2.45. The summed E-state index contributed by atoms with van der Waals surface area (Å²) in [5.41, 5.74) is -1.10. The number of ether oxygens (including phenoxy) is 3. The molecule has 0 atom stereocenters. The fourth-order valence-electron chi connectivity index (χ4n) is 2.15. The average Bonchev–Trinajstić information content (AvgIpc) is 2.52. The van der Waals surface area contributed by atoms with E-state index in [9.17, 15) is 22.4 Å². The van der Waals surface area contributed by atoms with Crippen molar-refractivity contribution in [2.45, 2.75) is 6.18 Å². The second-order valence-electron chi connectivity index (χ2n) is 5.56. The van der Waals surface area contributed by atoms with Crippen LogP contribution in [0.1, 0.15) is 5.56 Å². The Morgan fingerprint density at radius 1 is 1.32 bits per heavy atom. The van der Waals surface area contributed by atoms with Crippen LogP contribution in [0.3, 0.4) is 0 Å². The van der Waals surface area contributed by atoms with Gasteiger partial charge in [0.1, 0.15) is 18.5 Å². The first-order chi connectivity index (χ1) is 11.7. The summed E-state index contributed by atoms with van der Waals surface area (Å²) in [6, 6.07) is 3.76. The van der Waals surface area contributed by atoms with Gasteiger partial charge in [-0.25, -0.2) is 9.18 Å². The van der Waals surface area contributed by atoms with Crippen LogP contribution in [0.15, 0.2) is 12.1 Å². The van der Waals surface area contributed by atoms with Gasteiger partial charge in [0.25, 0.3) is 0 Å². The maximum atomic E-state index is 13.7. The maximum Gasteiger partial charge on any atom is 0.490 e. The molecule has 0 aromatic heterocycles. The zero-order valence-corrected chi connectivity index (χ0v) is 13.1. The highest BCUT2D eigenvalue weighted by molar-refractivity contribution is 5.75. The third-order valence-electron chi connectivity index (χ3n) is 3.65. The minimum Gasteiger partial charge on any atom is -0.493 e. The zero-order valence-electron chi connectivity index (χ0n) is 13.1. The summed E-state index contributed by atoms with van der Waals surface area (Å²) in [4.78, 5) is 10.8. The Morgan fingerprint density at radius 3 is 2.48 bits per heavy atom. The predicted molar refractivity (Wildman–Crippen MR) is 75.5 cm³/mol. The fourth-order valence-corrected chi connectivity index (χ4v) is 2.15. The van der Waals surface area contributed by atoms with Gasteiger partial charge < -0.3 is 19.5 Å². The van der Waals surface area contributed by atoms with Crippen LogP contribution >= 0.6 is 0 Å². The molecule has 0 saturated carbocycles. The summed E-state index contributed by atoms with van der Waals surface area (Å²) in [6.07, 6.45) is -5.07. The number of nitrogens with zero attached hydrogens (tertiary/aromatic N) is 1. The molecule has 0 unspecified atom stereocenters. The standard InChI is InChI=1S/C15H14F4N2O4/c1-23-11-2-9(4-20)10(16)3-12(11)24-7-14(5-21-6-14)8-25-13(22)15(17,18)19/h2-3,21H,5-8H2,1H3. The molecule has 2 rings (SSSR count). The lowest BCUT2D eigenvalue weighted by Gasteiger charge is -2.41. The number of carbonyl (C=O) groups excluding carboxylic acids is 1. The molecule has 0 aliphatic carbocycles. The van der Waals surface area contributed by atoms with Gasteiger partial charge in [0.05, 0.1) is 24.7 Å². The Morgan fingerprint density at radius 2 is 2.00 bits per heavy atom. The van der Waals surface area contributed by atoms with Gasteiger partial charge in [0.2, 0.25) is 0 Å². The number of alkyl halides is 3. The van der Waals surface area contributed by atoms with E-state index in [2.05, 4.69) is 10.1 Å². The molecular formula is C15H14F4N2O4. The van der Waals surface area contributed by atoms with E-state index in [0.29, 0.717) is 0 Å². The number of esters is 1. The van der Waals surface area contributed by atoms with Crippen molar-refractivity contribution >= 4 is 5.97 Å². The monoisotopic (exact) mass is 362 g/mol. The van der Waals surface area contributed by atoms with Crippen LogP contribution in [0.4, 0.5) is 17.6 Å². The number of benzene rings is 1. The van der Waals surface area contributed by atoms with E-state index in [1.165, 1.54) is 7.11 Å². The second-order valence-corrected chi connectivity index (χ2v) is 5.56. The first-order valence-electron chi connectivity index (χ1n) is 7.06. The molecule has 10 heteroatoms. The lowest BCUT2D eigenvalue weighted by atomic mass is 9.83. The molecular weight excluding hydrogens is 348 g/mol. The van der Waals surface area contributed by atoms with Gasteiger partial charge in [-0.2, -0.15) is 18.4 Å². The molecule has 1 saturated heterocycles. The van der Waals surface area contributed by atoms with E-state index in [1.807, 2.05) is 0 Å². The van der Waals surface area contributed by atoms with Gasteiger partial charge in [0, 0.05) is 25.2 Å². The van der Waals surface area contributed by atoms with Crippen molar-refractivity contribution in [3.8, 4) is 17.6 Å². The van der Waals surface area contributed by atoms with Crippen molar-refractivity contribution in [3.05, 3.63) is 23.5 Å². The molecule has 1 aromatic rings. The van der Waals surface area contributed by atoms with Gasteiger partial charge >= 0.3 is 12.1 Å². The number of methoxy groups -OCH3 is 1. The number of rotatable bonds is 6. The Bertz CT molecular complexity index is 696. The molecule has 136 valence electrons. The highest BCUT2D eigenvalue weighted by Crippen LogP contribution is 2.33. The summed E-state index contributed by atoms with van der Waals surface area (Å²) >= 11 is 0. The number of nitrogens with one attached hydrogen (secondary N) is 1. The summed E-state index contributed by atoms with van der Waals surface area (Å²) in [6.45, 7) is -0.106. The SMILES string of the molecule is COc1cc(C#N)c(F)cc1OCC1(COC(=O)C(F)(F)F)CNC1. The normalized spacial score (nSPS) is 15.7. The molecule has 1 aliphatic heterocycles. The summed E-state index contributed by atoms with van der Waals surface area (Å²) in [5, 5.41) is 11.6. The first-order valence-corrected chi connectivity index (χ1v) is 7.06. The average molecular weight is 362 g/mol. The Kier molecular flexibility index (Phi) is 5.37. The molecule has 1 aromatic carbocycles. The van der Waals surface area contributed by atoms with Crippen LogP contribution in [-0.4, -0.2) is 45.6 Å². The van der Waals surface area contributed by atoms with Gasteiger partial charge in [-0.05, 0) is 0 Å². The molecule has 1 N–H and O–H groups in total. The molecule has 6 nitrogen and oxygen atoms in total. The maximum absolute atomic E-state index is 13.7. The fraction of sp³-hybridized carbons (Fsp3) is 0.467. The van der Waals surface area contributed by atoms with Crippen LogP contribution in [0.2, 0.25) is 0 Å². The molecule has 0 amide bonds. The van der Waals surface area contributed by atoms with Crippen LogP contribution < -0.4 is 14.8 Å². The Balaban J connectivity index is 2.05. The smallest absolute Gasteiger partial charge is 0.490 e. The highest BCUT2D eigenvalue weighted by atomic mass is 19.4. The molecule has 0 spiro atoms. The molecule has 1 aliphatic rings. The van der Waals surface area contributed by atoms with Crippen molar-refractivity contribution in [2.24, 2.45) is 5.41 Å². The van der Waals surface area contributed by atoms with Gasteiger partial charge in [-0.15, -0.1) is 0 Å². The first kappa shape index (κ1) is 18.8. The van der Waals surface area contributed by atoms with Crippen LogP contribution in [-0.2, 0) is 9.53 Å². The number of carbonyl (C=O) groups is 1. The van der Waals surface area contributed by atoms with Gasteiger partial charge in [-0.1, -0.05) is 0 Å². The van der Waals surface area contributed by atoms with E-state index >= 15 is 0 Å². The minimum atomic E-state index is -5.07. The van der Waals surface area contributed by atoms with Gasteiger partial charge in [0.15, 0.2) is 11.5 Å². The largest absolute Gasteiger partial charge is 0.493 e. The van der Waals surface area contributed by atoms with Crippen molar-refractivity contribution in [1.82, 2.24) is 5.32 Å². The van der Waals surface area contributed by atoms with Gasteiger partial charge in [-0.3, -0.25) is 0 Å². The number of nitriles is 1. The lowest BCUT2D eigenvalue weighted by Crippen LogP contribution is -2.59. The van der Waals surface area contributed by atoms with Crippen molar-refractivity contribution in [1.29, 1.82) is 5.26 Å². The topological polar surface area (TPSA) is 80.6 Å². The zero-order chi connectivity index (χ0) is 18.7. The Hall–Kier alpha value is -2.54. The predicted octanol–water partition coefficient (Wildman–Crippen LogP) is 1.78. The van der Waals surface area contributed by atoms with E-state index < -0.39 is 30.0 Å². The molecule has 0 radical (unpaired) electrons. The number of hydrogen-bond donors (Lipinski definition) is 1. The minimum absolute atomic E-state index is 0.00702. The van der Waals surface area contributed by atoms with Crippen LogP contribution in [0, 0.1) is 22.6 Å². The Labute approximate surface area is 140 Å². The van der Waals surface area contributed by atoms with E-state index in [-0.39, 0.29) is 36.8 Å². The second kappa shape index (κ2) is 7.14. The molecule has 25 heavy (non-hydrogen) atoms. The van der Waals surface area contributed by atoms with E-state index in [1.54, 1.807) is 6.07 Å². The van der Waals surface area contributed by atoms with Crippen molar-refractivity contribution in [2.75, 3.05) is 33.4 Å². The number of halogens is 4. The van der Waals surface area contributed by atoms with Crippen LogP contribution in [0.25, 0.3) is 0 Å².